The highest BCUT2D eigenvalue weighted by atomic mass is 32.2. The molecule has 2 aliphatic heterocycles. The van der Waals surface area contributed by atoms with Crippen molar-refractivity contribution in [2.75, 3.05) is 25.4 Å². The van der Waals surface area contributed by atoms with Gasteiger partial charge in [-0.15, -0.1) is 5.10 Å². The minimum atomic E-state index is -0.0960. The van der Waals surface area contributed by atoms with Gasteiger partial charge in [-0.3, -0.25) is 4.79 Å². The highest BCUT2D eigenvalue weighted by Crippen LogP contribution is 2.24. The number of carbonyl (C=O) groups excluding carboxylic acids is 1. The summed E-state index contributed by atoms with van der Waals surface area (Å²) in [5.41, 5.74) is 0.439. The smallest absolute Gasteiger partial charge is 0.273 e. The lowest BCUT2D eigenvalue weighted by molar-refractivity contribution is 0.0948. The van der Waals surface area contributed by atoms with Crippen molar-refractivity contribution >= 4 is 17.7 Å². The number of hydrogen-bond donors (Lipinski definition) is 2. The molecule has 0 radical (unpaired) electrons. The lowest BCUT2D eigenvalue weighted by atomic mass is 10.1. The number of amides is 1. The number of thioether (sulfide) groups is 1. The van der Waals surface area contributed by atoms with Crippen molar-refractivity contribution in [1.82, 2.24) is 25.6 Å². The summed E-state index contributed by atoms with van der Waals surface area (Å²) in [5.74, 6) is 1.12. The highest BCUT2D eigenvalue weighted by molar-refractivity contribution is 7.99. The molecule has 1 atom stereocenters. The minimum Gasteiger partial charge on any atom is -0.349 e. The van der Waals surface area contributed by atoms with Crippen LogP contribution < -0.4 is 10.6 Å². The van der Waals surface area contributed by atoms with Gasteiger partial charge < -0.3 is 10.6 Å². The summed E-state index contributed by atoms with van der Waals surface area (Å²) in [6.07, 6.45) is 7.66. The third kappa shape index (κ3) is 3.97. The summed E-state index contributed by atoms with van der Waals surface area (Å²) < 4.78 is 1.85. The zero-order chi connectivity index (χ0) is 14.5. The monoisotopic (exact) mass is 309 g/mol. The Bertz CT molecular complexity index is 466. The number of hydrogen-bond acceptors (Lipinski definition) is 5. The van der Waals surface area contributed by atoms with Crippen LogP contribution >= 0.6 is 11.8 Å². The molecule has 0 aromatic carbocycles. The second kappa shape index (κ2) is 7.26. The van der Waals surface area contributed by atoms with Crippen molar-refractivity contribution in [3.05, 3.63) is 11.9 Å². The fourth-order valence-corrected chi connectivity index (χ4v) is 4.13. The van der Waals surface area contributed by atoms with E-state index in [0.29, 0.717) is 17.0 Å². The summed E-state index contributed by atoms with van der Waals surface area (Å²) in [6.45, 7) is 2.75. The van der Waals surface area contributed by atoms with Gasteiger partial charge in [0.1, 0.15) is 0 Å². The summed E-state index contributed by atoms with van der Waals surface area (Å²) in [7, 11) is 0. The molecule has 1 aromatic heterocycles. The molecule has 2 aliphatic rings. The van der Waals surface area contributed by atoms with Crippen molar-refractivity contribution in [3.63, 3.8) is 0 Å². The summed E-state index contributed by atoms with van der Waals surface area (Å²) in [4.78, 5) is 12.1. The van der Waals surface area contributed by atoms with Crippen LogP contribution in [0.15, 0.2) is 6.20 Å². The van der Waals surface area contributed by atoms with Crippen LogP contribution in [0, 0.1) is 0 Å². The number of carbonyl (C=O) groups is 1. The van der Waals surface area contributed by atoms with Crippen LogP contribution in [-0.2, 0) is 0 Å². The molecule has 1 amide bonds. The van der Waals surface area contributed by atoms with Crippen LogP contribution in [0.2, 0.25) is 0 Å². The van der Waals surface area contributed by atoms with E-state index < -0.39 is 0 Å². The average Bonchev–Trinajstić information content (AvgIpc) is 3.04. The molecule has 2 N–H and O–H groups in total. The van der Waals surface area contributed by atoms with Crippen LogP contribution in [0.4, 0.5) is 0 Å². The normalized spacial score (nSPS) is 23.9. The maximum absolute atomic E-state index is 12.1. The summed E-state index contributed by atoms with van der Waals surface area (Å²) in [5, 5.41) is 15.0. The first-order chi connectivity index (χ1) is 10.3. The van der Waals surface area contributed by atoms with Crippen LogP contribution in [0.1, 0.15) is 48.6 Å². The van der Waals surface area contributed by atoms with Gasteiger partial charge in [0.15, 0.2) is 5.69 Å². The van der Waals surface area contributed by atoms with Crippen molar-refractivity contribution in [1.29, 1.82) is 0 Å². The van der Waals surface area contributed by atoms with E-state index in [1.54, 1.807) is 6.20 Å². The molecule has 6 nitrogen and oxygen atoms in total. The first-order valence-electron chi connectivity index (χ1n) is 7.85. The van der Waals surface area contributed by atoms with Gasteiger partial charge in [-0.1, -0.05) is 11.6 Å². The van der Waals surface area contributed by atoms with Gasteiger partial charge in [0, 0.05) is 11.8 Å². The molecule has 1 unspecified atom stereocenters. The second-order valence-electron chi connectivity index (χ2n) is 5.76. The van der Waals surface area contributed by atoms with E-state index in [2.05, 4.69) is 20.9 Å². The van der Waals surface area contributed by atoms with Crippen molar-refractivity contribution < 1.29 is 4.79 Å². The average molecular weight is 309 g/mol. The predicted molar refractivity (Wildman–Crippen MR) is 83.6 cm³/mol. The molecule has 3 heterocycles. The van der Waals surface area contributed by atoms with Crippen molar-refractivity contribution in [2.45, 2.75) is 43.4 Å². The lowest BCUT2D eigenvalue weighted by Gasteiger charge is -2.22. The fourth-order valence-electron chi connectivity index (χ4n) is 2.90. The molecule has 0 saturated carbocycles. The van der Waals surface area contributed by atoms with Crippen LogP contribution in [0.3, 0.4) is 0 Å². The molecule has 2 fully saturated rings. The molecule has 21 heavy (non-hydrogen) atoms. The molecule has 7 heteroatoms. The molecule has 2 saturated heterocycles. The topological polar surface area (TPSA) is 71.8 Å². The van der Waals surface area contributed by atoms with Crippen LogP contribution in [-0.4, -0.2) is 51.5 Å². The van der Waals surface area contributed by atoms with E-state index in [0.717, 1.165) is 32.5 Å². The SMILES string of the molecule is O=C(NCC1CCCCS1)c1cn(C2CCNCC2)nn1. The number of nitrogens with zero attached hydrogens (tertiary/aromatic N) is 3. The van der Waals surface area contributed by atoms with Gasteiger partial charge >= 0.3 is 0 Å². The van der Waals surface area contributed by atoms with E-state index >= 15 is 0 Å². The predicted octanol–water partition coefficient (Wildman–Crippen LogP) is 1.22. The first kappa shape index (κ1) is 14.8. The molecule has 116 valence electrons. The molecular weight excluding hydrogens is 286 g/mol. The number of rotatable bonds is 4. The Morgan fingerprint density at radius 1 is 1.38 bits per heavy atom. The zero-order valence-corrected chi connectivity index (χ0v) is 13.1. The Morgan fingerprint density at radius 3 is 3.00 bits per heavy atom. The van der Waals surface area contributed by atoms with Gasteiger partial charge in [0.25, 0.3) is 5.91 Å². The van der Waals surface area contributed by atoms with Crippen LogP contribution in [0.25, 0.3) is 0 Å². The quantitative estimate of drug-likeness (QED) is 0.875. The Hall–Kier alpha value is -1.08. The zero-order valence-electron chi connectivity index (χ0n) is 12.3. The molecule has 0 aliphatic carbocycles. The van der Waals surface area contributed by atoms with Crippen molar-refractivity contribution in [3.8, 4) is 0 Å². The molecule has 0 spiro atoms. The summed E-state index contributed by atoms with van der Waals surface area (Å²) >= 11 is 1.97. The van der Waals surface area contributed by atoms with Gasteiger partial charge in [-0.2, -0.15) is 11.8 Å². The molecule has 3 rings (SSSR count). The van der Waals surface area contributed by atoms with E-state index in [9.17, 15) is 4.79 Å². The largest absolute Gasteiger partial charge is 0.349 e. The van der Waals surface area contributed by atoms with Crippen LogP contribution in [0.5, 0.6) is 0 Å². The minimum absolute atomic E-state index is 0.0960. The van der Waals surface area contributed by atoms with E-state index in [4.69, 9.17) is 0 Å². The fraction of sp³-hybridized carbons (Fsp3) is 0.786. The van der Waals surface area contributed by atoms with Gasteiger partial charge in [-0.05, 0) is 44.5 Å². The Labute approximate surface area is 129 Å². The van der Waals surface area contributed by atoms with Gasteiger partial charge in [0.2, 0.25) is 0 Å². The third-order valence-corrected chi connectivity index (χ3v) is 5.59. The standard InChI is InChI=1S/C14H23N5OS/c20-14(16-9-12-3-1-2-8-21-12)13-10-19(18-17-13)11-4-6-15-7-5-11/h10-12,15H,1-9H2,(H,16,20). The van der Waals surface area contributed by atoms with E-state index in [-0.39, 0.29) is 5.91 Å². The first-order valence-corrected chi connectivity index (χ1v) is 8.90. The highest BCUT2D eigenvalue weighted by Gasteiger charge is 2.20. The second-order valence-corrected chi connectivity index (χ2v) is 7.17. The number of aromatic nitrogens is 3. The number of nitrogens with one attached hydrogen (secondary N) is 2. The van der Waals surface area contributed by atoms with Crippen molar-refractivity contribution in [2.24, 2.45) is 0 Å². The lowest BCUT2D eigenvalue weighted by Crippen LogP contribution is -2.32. The molecular formula is C14H23N5OS. The summed E-state index contributed by atoms with van der Waals surface area (Å²) in [6, 6.07) is 0.370. The maximum atomic E-state index is 12.1. The Morgan fingerprint density at radius 2 is 2.24 bits per heavy atom. The van der Waals surface area contributed by atoms with Gasteiger partial charge in [-0.25, -0.2) is 4.68 Å². The third-order valence-electron chi connectivity index (χ3n) is 4.19. The van der Waals surface area contributed by atoms with E-state index in [1.807, 2.05) is 16.4 Å². The molecule has 0 bridgehead atoms. The Balaban J connectivity index is 1.51. The molecule has 1 aromatic rings. The maximum Gasteiger partial charge on any atom is 0.273 e. The Kier molecular flexibility index (Phi) is 5.13. The number of piperidine rings is 1. The van der Waals surface area contributed by atoms with Gasteiger partial charge in [0.05, 0.1) is 12.2 Å². The van der Waals surface area contributed by atoms with E-state index in [1.165, 1.54) is 25.0 Å².